The summed E-state index contributed by atoms with van der Waals surface area (Å²) in [6, 6.07) is 16.6. The first-order valence-electron chi connectivity index (χ1n) is 11.0. The van der Waals surface area contributed by atoms with E-state index < -0.39 is 18.2 Å². The minimum atomic E-state index is -1.14. The summed E-state index contributed by atoms with van der Waals surface area (Å²) in [6.07, 6.45) is 0.278. The van der Waals surface area contributed by atoms with Gasteiger partial charge in [0.25, 0.3) is 0 Å². The van der Waals surface area contributed by atoms with E-state index in [9.17, 15) is 14.0 Å². The highest BCUT2D eigenvalue weighted by Crippen LogP contribution is 2.28. The number of ether oxygens (including phenoxy) is 1. The third kappa shape index (κ3) is 4.63. The smallest absolute Gasteiger partial charge is 0.404 e. The van der Waals surface area contributed by atoms with Crippen molar-refractivity contribution in [2.45, 2.75) is 25.5 Å². The zero-order valence-electron chi connectivity index (χ0n) is 18.8. The number of amides is 2. The topological polar surface area (TPSA) is 109 Å². The second kappa shape index (κ2) is 9.05. The van der Waals surface area contributed by atoms with Crippen LogP contribution in [0.3, 0.4) is 0 Å². The highest BCUT2D eigenvalue weighted by molar-refractivity contribution is 5.96. The van der Waals surface area contributed by atoms with Gasteiger partial charge in [0.15, 0.2) is 5.65 Å². The lowest BCUT2D eigenvalue weighted by molar-refractivity contribution is -0.117. The Balaban J connectivity index is 1.36. The van der Waals surface area contributed by atoms with Gasteiger partial charge in [-0.15, -0.1) is 5.10 Å². The van der Waals surface area contributed by atoms with Crippen LogP contribution in [0.5, 0.6) is 5.88 Å². The monoisotopic (exact) mass is 475 g/mol. The predicted octanol–water partition coefficient (Wildman–Crippen LogP) is 4.05. The summed E-state index contributed by atoms with van der Waals surface area (Å²) >= 11 is 0. The van der Waals surface area contributed by atoms with Crippen LogP contribution < -0.4 is 15.0 Å². The zero-order chi connectivity index (χ0) is 24.5. The molecule has 2 amide bonds. The fourth-order valence-corrected chi connectivity index (χ4v) is 4.17. The van der Waals surface area contributed by atoms with Crippen LogP contribution in [0, 0.1) is 5.82 Å². The lowest BCUT2D eigenvalue weighted by Gasteiger charge is -2.17. The Morgan fingerprint density at radius 1 is 1.20 bits per heavy atom. The summed E-state index contributed by atoms with van der Waals surface area (Å²) in [4.78, 5) is 29.2. The maximum Gasteiger partial charge on any atom is 0.404 e. The number of fused-ring (bicyclic) bond motifs is 1. The van der Waals surface area contributed by atoms with E-state index >= 15 is 0 Å². The molecule has 1 aliphatic rings. The molecule has 2 atom stereocenters. The summed E-state index contributed by atoms with van der Waals surface area (Å²) in [6.45, 7) is 2.11. The molecule has 1 aliphatic heterocycles. The molecule has 3 heterocycles. The molecule has 0 bridgehead atoms. The molecule has 2 aromatic heterocycles. The van der Waals surface area contributed by atoms with Gasteiger partial charge in [0.2, 0.25) is 11.8 Å². The summed E-state index contributed by atoms with van der Waals surface area (Å²) < 4.78 is 21.2. The number of carbonyl (C=O) groups excluding carboxylic acids is 1. The predicted molar refractivity (Wildman–Crippen MR) is 126 cm³/mol. The maximum absolute atomic E-state index is 13.6. The Hall–Kier alpha value is -4.47. The molecule has 35 heavy (non-hydrogen) atoms. The van der Waals surface area contributed by atoms with Gasteiger partial charge in [-0.25, -0.2) is 18.7 Å². The van der Waals surface area contributed by atoms with Crippen LogP contribution >= 0.6 is 0 Å². The number of carboxylic acid groups (broad SMARTS) is 1. The van der Waals surface area contributed by atoms with Gasteiger partial charge in [0.05, 0.1) is 17.9 Å². The third-order valence-electron chi connectivity index (χ3n) is 5.88. The maximum atomic E-state index is 13.6. The molecule has 1 fully saturated rings. The van der Waals surface area contributed by atoms with E-state index in [0.29, 0.717) is 22.8 Å². The van der Waals surface area contributed by atoms with Gasteiger partial charge in [-0.3, -0.25) is 4.79 Å². The van der Waals surface area contributed by atoms with E-state index in [0.717, 1.165) is 11.3 Å². The molecule has 10 heteroatoms. The molecule has 0 radical (unpaired) electrons. The van der Waals surface area contributed by atoms with Crippen molar-refractivity contribution in [2.24, 2.45) is 0 Å². The summed E-state index contributed by atoms with van der Waals surface area (Å²) in [7, 11) is 0. The van der Waals surface area contributed by atoms with Crippen molar-refractivity contribution in [3.63, 3.8) is 0 Å². The van der Waals surface area contributed by atoms with Crippen molar-refractivity contribution < 1.29 is 23.8 Å². The van der Waals surface area contributed by atoms with E-state index in [2.05, 4.69) is 15.4 Å². The Labute approximate surface area is 199 Å². The first kappa shape index (κ1) is 22.3. The van der Waals surface area contributed by atoms with Crippen LogP contribution in [-0.2, 0) is 4.79 Å². The number of rotatable bonds is 6. The summed E-state index contributed by atoms with van der Waals surface area (Å²) in [5.41, 5.74) is 3.57. The largest absolute Gasteiger partial charge is 0.469 e. The van der Waals surface area contributed by atoms with Gasteiger partial charge in [-0.05, 0) is 42.8 Å². The van der Waals surface area contributed by atoms with E-state index in [1.165, 1.54) is 12.1 Å². The molecule has 0 unspecified atom stereocenters. The van der Waals surface area contributed by atoms with Crippen LogP contribution in [0.25, 0.3) is 16.9 Å². The zero-order valence-corrected chi connectivity index (χ0v) is 18.8. The van der Waals surface area contributed by atoms with Gasteiger partial charge < -0.3 is 20.1 Å². The molecule has 2 N–H and O–H groups in total. The van der Waals surface area contributed by atoms with Gasteiger partial charge in [-0.2, -0.15) is 0 Å². The minimum Gasteiger partial charge on any atom is -0.469 e. The number of imidazole rings is 1. The number of halogens is 1. The van der Waals surface area contributed by atoms with E-state index in [1.54, 1.807) is 39.9 Å². The molecule has 0 spiro atoms. The number of nitrogens with one attached hydrogen (secondary N) is 1. The first-order chi connectivity index (χ1) is 16.9. The van der Waals surface area contributed by atoms with Crippen LogP contribution in [-0.4, -0.2) is 44.3 Å². The number of benzene rings is 2. The fourth-order valence-electron chi connectivity index (χ4n) is 4.17. The lowest BCUT2D eigenvalue weighted by atomic mass is 10.1. The van der Waals surface area contributed by atoms with Crippen LogP contribution in [0.1, 0.15) is 25.0 Å². The Morgan fingerprint density at radius 2 is 2.00 bits per heavy atom. The van der Waals surface area contributed by atoms with Crippen LogP contribution in [0.2, 0.25) is 0 Å². The molecular formula is C25H22FN5O4. The summed E-state index contributed by atoms with van der Waals surface area (Å²) in [5.74, 6) is -0.0991. The van der Waals surface area contributed by atoms with Crippen molar-refractivity contribution in [3.8, 4) is 17.1 Å². The standard InChI is InChI=1S/C25H22FN5O4/c1-15(17-3-2-4-18(26)11-17)35-23-10-9-22-27-13-21(31(22)29-23)16-5-7-20(8-6-16)30-14-19(12-24(30)32)28-25(33)34/h2-11,13,15,19,28H,12,14H2,1H3,(H,33,34)/t15-,19+/m1/s1. The lowest BCUT2D eigenvalue weighted by Crippen LogP contribution is -2.36. The molecular weight excluding hydrogens is 453 g/mol. The second-order valence-electron chi connectivity index (χ2n) is 8.30. The van der Waals surface area contributed by atoms with Crippen molar-refractivity contribution in [1.29, 1.82) is 0 Å². The van der Waals surface area contributed by atoms with Gasteiger partial charge >= 0.3 is 6.09 Å². The molecule has 178 valence electrons. The number of carbonyl (C=O) groups is 2. The highest BCUT2D eigenvalue weighted by atomic mass is 19.1. The molecule has 0 aliphatic carbocycles. The molecule has 9 nitrogen and oxygen atoms in total. The number of hydrogen-bond donors (Lipinski definition) is 2. The Morgan fingerprint density at radius 3 is 2.74 bits per heavy atom. The fraction of sp³-hybridized carbons (Fsp3) is 0.200. The molecule has 4 aromatic rings. The second-order valence-corrected chi connectivity index (χ2v) is 8.30. The van der Waals surface area contributed by atoms with Crippen molar-refractivity contribution in [2.75, 3.05) is 11.4 Å². The third-order valence-corrected chi connectivity index (χ3v) is 5.88. The number of nitrogens with zero attached hydrogens (tertiary/aromatic N) is 4. The highest BCUT2D eigenvalue weighted by Gasteiger charge is 2.31. The minimum absolute atomic E-state index is 0.127. The van der Waals surface area contributed by atoms with E-state index in [4.69, 9.17) is 9.84 Å². The van der Waals surface area contributed by atoms with Crippen LogP contribution in [0.4, 0.5) is 14.9 Å². The van der Waals surface area contributed by atoms with Gasteiger partial charge in [-0.1, -0.05) is 24.3 Å². The Bertz CT molecular complexity index is 1400. The first-order valence-corrected chi connectivity index (χ1v) is 11.0. The number of hydrogen-bond acceptors (Lipinski definition) is 5. The average molecular weight is 475 g/mol. The van der Waals surface area contributed by atoms with Gasteiger partial charge in [0.1, 0.15) is 11.9 Å². The molecule has 5 rings (SSSR count). The quantitative estimate of drug-likeness (QED) is 0.436. The van der Waals surface area contributed by atoms with Crippen molar-refractivity contribution in [3.05, 3.63) is 78.2 Å². The van der Waals surface area contributed by atoms with E-state index in [-0.39, 0.29) is 24.7 Å². The number of anilines is 1. The van der Waals surface area contributed by atoms with E-state index in [1.807, 2.05) is 31.2 Å². The molecule has 0 saturated carbocycles. The SMILES string of the molecule is C[C@@H](Oc1ccc2ncc(-c3ccc(N4C[C@@H](NC(=O)O)CC4=O)cc3)n2n1)c1cccc(F)c1. The van der Waals surface area contributed by atoms with Crippen molar-refractivity contribution in [1.82, 2.24) is 19.9 Å². The van der Waals surface area contributed by atoms with Gasteiger partial charge in [0, 0.05) is 30.3 Å². The average Bonchev–Trinajstić information content (AvgIpc) is 3.41. The number of aromatic nitrogens is 3. The molecule has 1 saturated heterocycles. The Kier molecular flexibility index (Phi) is 5.77. The normalized spacial score (nSPS) is 16.5. The van der Waals surface area contributed by atoms with Crippen molar-refractivity contribution >= 4 is 23.3 Å². The van der Waals surface area contributed by atoms with Crippen LogP contribution in [0.15, 0.2) is 66.9 Å². The molecule has 2 aromatic carbocycles. The summed E-state index contributed by atoms with van der Waals surface area (Å²) in [5, 5.41) is 15.8.